The Morgan fingerprint density at radius 1 is 1.44 bits per heavy atom. The summed E-state index contributed by atoms with van der Waals surface area (Å²) in [6, 6.07) is 9.78. The Morgan fingerprint density at radius 3 is 2.83 bits per heavy atom. The lowest BCUT2D eigenvalue weighted by atomic mass is 10.1. The second-order valence-electron chi connectivity index (χ2n) is 4.95. The van der Waals surface area contributed by atoms with E-state index < -0.39 is 6.10 Å². The number of aliphatic hydroxyl groups excluding tert-OH is 1. The first-order chi connectivity index (χ1) is 8.66. The van der Waals surface area contributed by atoms with Crippen LogP contribution in [0.15, 0.2) is 30.3 Å². The van der Waals surface area contributed by atoms with Crippen LogP contribution in [0.2, 0.25) is 0 Å². The third kappa shape index (κ3) is 3.53. The fraction of sp³-hybridized carbons (Fsp3) is 0.571. The molecule has 18 heavy (non-hydrogen) atoms. The topological polar surface area (TPSA) is 58.7 Å². The summed E-state index contributed by atoms with van der Waals surface area (Å²) in [4.78, 5) is 2.22. The summed E-state index contributed by atoms with van der Waals surface area (Å²) in [6.45, 7) is 4.93. The normalized spacial score (nSPS) is 24.7. The second kappa shape index (κ2) is 6.29. The Balaban J connectivity index is 1.89. The van der Waals surface area contributed by atoms with E-state index in [9.17, 15) is 5.11 Å². The summed E-state index contributed by atoms with van der Waals surface area (Å²) in [5, 5.41) is 10.2. The molecule has 1 saturated heterocycles. The molecule has 3 atom stereocenters. The van der Waals surface area contributed by atoms with Crippen LogP contribution in [0.4, 0.5) is 0 Å². The number of β-amino-alcohol motifs (C(OH)–C–C–N with tert-alkyl or cyclic N) is 1. The van der Waals surface area contributed by atoms with Gasteiger partial charge in [-0.25, -0.2) is 0 Å². The molecule has 3 unspecified atom stereocenters. The van der Waals surface area contributed by atoms with Gasteiger partial charge in [-0.15, -0.1) is 0 Å². The number of nitrogens with zero attached hydrogens (tertiary/aromatic N) is 1. The molecule has 1 aliphatic heterocycles. The van der Waals surface area contributed by atoms with Crippen LogP contribution in [-0.4, -0.2) is 48.4 Å². The summed E-state index contributed by atoms with van der Waals surface area (Å²) in [5.74, 6) is 0. The number of aliphatic hydroxyl groups is 1. The minimum atomic E-state index is -0.446. The highest BCUT2D eigenvalue weighted by Crippen LogP contribution is 2.16. The highest BCUT2D eigenvalue weighted by molar-refractivity contribution is 5.17. The van der Waals surface area contributed by atoms with Crippen molar-refractivity contribution in [3.63, 3.8) is 0 Å². The molecule has 0 saturated carbocycles. The van der Waals surface area contributed by atoms with Gasteiger partial charge < -0.3 is 15.6 Å². The molecule has 0 amide bonds. The molecule has 4 heteroatoms. The van der Waals surface area contributed by atoms with Gasteiger partial charge in [0.2, 0.25) is 0 Å². The number of nitrogens with two attached hydrogens (primary N) is 1. The van der Waals surface area contributed by atoms with Gasteiger partial charge in [0.25, 0.3) is 0 Å². The van der Waals surface area contributed by atoms with E-state index in [1.807, 2.05) is 37.3 Å². The van der Waals surface area contributed by atoms with Gasteiger partial charge in [0.05, 0.1) is 18.8 Å². The van der Waals surface area contributed by atoms with E-state index in [0.717, 1.165) is 18.7 Å². The van der Waals surface area contributed by atoms with E-state index in [1.54, 1.807) is 0 Å². The largest absolute Gasteiger partial charge is 0.387 e. The van der Waals surface area contributed by atoms with Gasteiger partial charge in [-0.2, -0.15) is 0 Å². The maximum absolute atomic E-state index is 10.2. The standard InChI is InChI=1S/C14H22N2O2/c1-11(15)14-10-16(7-8-18-14)9-13(17)12-5-3-2-4-6-12/h2-6,11,13-14,17H,7-10,15H2,1H3. The molecule has 0 aromatic heterocycles. The van der Waals surface area contributed by atoms with Crippen LogP contribution >= 0.6 is 0 Å². The third-order valence-corrected chi connectivity index (χ3v) is 3.38. The molecular formula is C14H22N2O2. The average molecular weight is 250 g/mol. The van der Waals surface area contributed by atoms with Gasteiger partial charge in [-0.3, -0.25) is 4.90 Å². The van der Waals surface area contributed by atoms with Gasteiger partial charge in [-0.05, 0) is 12.5 Å². The predicted octanol–water partition coefficient (Wildman–Crippen LogP) is 0.768. The van der Waals surface area contributed by atoms with Gasteiger partial charge in [0, 0.05) is 25.7 Å². The van der Waals surface area contributed by atoms with Crippen molar-refractivity contribution in [3.8, 4) is 0 Å². The van der Waals surface area contributed by atoms with Crippen LogP contribution in [0.5, 0.6) is 0 Å². The predicted molar refractivity (Wildman–Crippen MR) is 71.2 cm³/mol. The molecule has 1 fully saturated rings. The molecule has 0 spiro atoms. The highest BCUT2D eigenvalue weighted by Gasteiger charge is 2.24. The van der Waals surface area contributed by atoms with Crippen molar-refractivity contribution in [2.24, 2.45) is 5.73 Å². The Labute approximate surface area is 108 Å². The Kier molecular flexibility index (Phi) is 4.72. The highest BCUT2D eigenvalue weighted by atomic mass is 16.5. The molecule has 2 rings (SSSR count). The van der Waals surface area contributed by atoms with Crippen molar-refractivity contribution in [1.29, 1.82) is 0 Å². The summed E-state index contributed by atoms with van der Waals surface area (Å²) in [5.41, 5.74) is 6.82. The lowest BCUT2D eigenvalue weighted by Gasteiger charge is -2.35. The first-order valence-corrected chi connectivity index (χ1v) is 6.49. The van der Waals surface area contributed by atoms with Crippen LogP contribution in [0.25, 0.3) is 0 Å². The average Bonchev–Trinajstić information content (AvgIpc) is 2.40. The number of morpholine rings is 1. The summed E-state index contributed by atoms with van der Waals surface area (Å²) in [7, 11) is 0. The fourth-order valence-electron chi connectivity index (χ4n) is 2.24. The molecule has 100 valence electrons. The lowest BCUT2D eigenvalue weighted by molar-refractivity contribution is -0.0488. The van der Waals surface area contributed by atoms with Crippen LogP contribution in [-0.2, 0) is 4.74 Å². The Bertz CT molecular complexity index is 356. The second-order valence-corrected chi connectivity index (χ2v) is 4.95. The summed E-state index contributed by atoms with van der Waals surface area (Å²) < 4.78 is 5.61. The van der Waals surface area contributed by atoms with E-state index in [4.69, 9.17) is 10.5 Å². The van der Waals surface area contributed by atoms with Crippen molar-refractivity contribution in [2.45, 2.75) is 25.2 Å². The van der Waals surface area contributed by atoms with Crippen molar-refractivity contribution < 1.29 is 9.84 Å². The molecule has 3 N–H and O–H groups in total. The fourth-order valence-corrected chi connectivity index (χ4v) is 2.24. The number of hydrogen-bond acceptors (Lipinski definition) is 4. The molecular weight excluding hydrogens is 228 g/mol. The quantitative estimate of drug-likeness (QED) is 0.828. The molecule has 0 bridgehead atoms. The maximum Gasteiger partial charge on any atom is 0.0916 e. The van der Waals surface area contributed by atoms with Crippen LogP contribution in [0.3, 0.4) is 0 Å². The number of benzene rings is 1. The smallest absolute Gasteiger partial charge is 0.0916 e. The molecule has 0 radical (unpaired) electrons. The third-order valence-electron chi connectivity index (χ3n) is 3.38. The van der Waals surface area contributed by atoms with Gasteiger partial charge in [-0.1, -0.05) is 30.3 Å². The zero-order valence-corrected chi connectivity index (χ0v) is 10.8. The van der Waals surface area contributed by atoms with E-state index in [2.05, 4.69) is 4.90 Å². The van der Waals surface area contributed by atoms with Gasteiger partial charge >= 0.3 is 0 Å². The van der Waals surface area contributed by atoms with Crippen molar-refractivity contribution in [3.05, 3.63) is 35.9 Å². The molecule has 1 aromatic rings. The van der Waals surface area contributed by atoms with Gasteiger partial charge in [0.1, 0.15) is 0 Å². The molecule has 0 aliphatic carbocycles. The first-order valence-electron chi connectivity index (χ1n) is 6.49. The molecule has 4 nitrogen and oxygen atoms in total. The van der Waals surface area contributed by atoms with Crippen molar-refractivity contribution in [1.82, 2.24) is 4.90 Å². The number of rotatable bonds is 4. The van der Waals surface area contributed by atoms with Gasteiger partial charge in [0.15, 0.2) is 0 Å². The maximum atomic E-state index is 10.2. The van der Waals surface area contributed by atoms with Crippen molar-refractivity contribution >= 4 is 0 Å². The monoisotopic (exact) mass is 250 g/mol. The van der Waals surface area contributed by atoms with Crippen LogP contribution < -0.4 is 5.73 Å². The van der Waals surface area contributed by atoms with Crippen LogP contribution in [0, 0.1) is 0 Å². The summed E-state index contributed by atoms with van der Waals surface area (Å²) in [6.07, 6.45) is -0.375. The van der Waals surface area contributed by atoms with E-state index in [1.165, 1.54) is 0 Å². The number of hydrogen-bond donors (Lipinski definition) is 2. The molecule has 1 aromatic carbocycles. The minimum Gasteiger partial charge on any atom is -0.387 e. The SMILES string of the molecule is CC(N)C1CN(CC(O)c2ccccc2)CCO1. The molecule has 1 aliphatic rings. The number of ether oxygens (including phenoxy) is 1. The van der Waals surface area contributed by atoms with E-state index in [-0.39, 0.29) is 12.1 Å². The van der Waals surface area contributed by atoms with Crippen molar-refractivity contribution in [2.75, 3.05) is 26.2 Å². The first kappa shape index (κ1) is 13.5. The summed E-state index contributed by atoms with van der Waals surface area (Å²) >= 11 is 0. The zero-order valence-electron chi connectivity index (χ0n) is 10.8. The van der Waals surface area contributed by atoms with E-state index in [0.29, 0.717) is 13.2 Å². The van der Waals surface area contributed by atoms with E-state index >= 15 is 0 Å². The Morgan fingerprint density at radius 2 is 2.17 bits per heavy atom. The lowest BCUT2D eigenvalue weighted by Crippen LogP contribution is -2.50. The minimum absolute atomic E-state index is 0.0293. The zero-order chi connectivity index (χ0) is 13.0. The molecule has 1 heterocycles. The van der Waals surface area contributed by atoms with Crippen LogP contribution in [0.1, 0.15) is 18.6 Å². The Hall–Kier alpha value is -0.940.